The van der Waals surface area contributed by atoms with Gasteiger partial charge in [-0.25, -0.2) is 0 Å². The van der Waals surface area contributed by atoms with Crippen LogP contribution >= 0.6 is 23.5 Å². The van der Waals surface area contributed by atoms with E-state index in [1.807, 2.05) is 55.1 Å². The first kappa shape index (κ1) is 17.0. The Kier molecular flexibility index (Phi) is 7.40. The smallest absolute Gasteiger partial charge is 0.233 e. The molecule has 0 bridgehead atoms. The van der Waals surface area contributed by atoms with Gasteiger partial charge in [0, 0.05) is 22.9 Å². The lowest BCUT2D eigenvalue weighted by molar-refractivity contribution is -0.120. The molecular formula is C18H21NOS2. The predicted octanol–water partition coefficient (Wildman–Crippen LogP) is 4.22. The molecule has 2 rings (SSSR count). The highest BCUT2D eigenvalue weighted by atomic mass is 32.2. The molecule has 1 unspecified atom stereocenters. The minimum absolute atomic E-state index is 0.0680. The first-order chi connectivity index (χ1) is 10.8. The van der Waals surface area contributed by atoms with Crippen LogP contribution in [0, 0.1) is 0 Å². The van der Waals surface area contributed by atoms with Gasteiger partial charge in [-0.1, -0.05) is 48.5 Å². The lowest BCUT2D eigenvalue weighted by Gasteiger charge is -2.11. The van der Waals surface area contributed by atoms with E-state index < -0.39 is 0 Å². The number of carbonyl (C=O) groups is 1. The normalized spacial score (nSPS) is 11.9. The molecule has 0 fully saturated rings. The Morgan fingerprint density at radius 2 is 1.68 bits per heavy atom. The molecule has 0 saturated carbocycles. The summed E-state index contributed by atoms with van der Waals surface area (Å²) in [5.41, 5.74) is 1.33. The predicted molar refractivity (Wildman–Crippen MR) is 97.4 cm³/mol. The van der Waals surface area contributed by atoms with Crippen LogP contribution in [0.1, 0.15) is 12.5 Å². The Balaban J connectivity index is 1.61. The number of hydrogen-bond donors (Lipinski definition) is 1. The summed E-state index contributed by atoms with van der Waals surface area (Å²) >= 11 is 3.44. The summed E-state index contributed by atoms with van der Waals surface area (Å²) in [5.74, 6) is 2.03. The quantitative estimate of drug-likeness (QED) is 0.580. The van der Waals surface area contributed by atoms with Crippen molar-refractivity contribution in [1.82, 2.24) is 5.32 Å². The minimum Gasteiger partial charge on any atom is -0.354 e. The maximum Gasteiger partial charge on any atom is 0.233 e. The highest BCUT2D eigenvalue weighted by molar-refractivity contribution is 8.00. The van der Waals surface area contributed by atoms with Gasteiger partial charge in [0.15, 0.2) is 0 Å². The first-order valence-corrected chi connectivity index (χ1v) is 9.40. The molecule has 0 aliphatic carbocycles. The number of amides is 1. The molecule has 0 heterocycles. The molecule has 0 spiro atoms. The Hall–Kier alpha value is -1.39. The molecule has 0 saturated heterocycles. The molecule has 0 aliphatic rings. The number of rotatable bonds is 8. The lowest BCUT2D eigenvalue weighted by Crippen LogP contribution is -2.32. The average molecular weight is 332 g/mol. The van der Waals surface area contributed by atoms with Crippen LogP contribution in [0.15, 0.2) is 65.6 Å². The van der Waals surface area contributed by atoms with Crippen molar-refractivity contribution in [1.29, 1.82) is 0 Å². The van der Waals surface area contributed by atoms with Crippen LogP contribution in [0.5, 0.6) is 0 Å². The second-order valence-corrected chi connectivity index (χ2v) is 7.42. The Morgan fingerprint density at radius 3 is 2.36 bits per heavy atom. The highest BCUT2D eigenvalue weighted by Gasteiger charge is 2.13. The summed E-state index contributed by atoms with van der Waals surface area (Å²) in [6, 6.07) is 20.4. The van der Waals surface area contributed by atoms with Gasteiger partial charge >= 0.3 is 0 Å². The molecule has 2 aromatic carbocycles. The van der Waals surface area contributed by atoms with Gasteiger partial charge < -0.3 is 5.32 Å². The second-order valence-electron chi connectivity index (χ2n) is 4.90. The van der Waals surface area contributed by atoms with Crippen LogP contribution in [0.2, 0.25) is 0 Å². The lowest BCUT2D eigenvalue weighted by atomic mass is 10.2. The van der Waals surface area contributed by atoms with Crippen LogP contribution in [-0.4, -0.2) is 23.5 Å². The fourth-order valence-corrected chi connectivity index (χ4v) is 3.64. The van der Waals surface area contributed by atoms with Crippen molar-refractivity contribution < 1.29 is 4.79 Å². The van der Waals surface area contributed by atoms with Gasteiger partial charge in [0.1, 0.15) is 0 Å². The second kappa shape index (κ2) is 9.59. The van der Waals surface area contributed by atoms with Gasteiger partial charge in [-0.3, -0.25) is 4.79 Å². The van der Waals surface area contributed by atoms with Crippen molar-refractivity contribution in [3.8, 4) is 0 Å². The van der Waals surface area contributed by atoms with Crippen LogP contribution in [-0.2, 0) is 10.5 Å². The molecule has 2 aromatic rings. The van der Waals surface area contributed by atoms with Crippen LogP contribution in [0.25, 0.3) is 0 Å². The van der Waals surface area contributed by atoms with E-state index in [0.717, 1.165) is 22.9 Å². The molecule has 22 heavy (non-hydrogen) atoms. The maximum atomic E-state index is 12.0. The van der Waals surface area contributed by atoms with E-state index in [0.29, 0.717) is 0 Å². The van der Waals surface area contributed by atoms with E-state index in [4.69, 9.17) is 0 Å². The van der Waals surface area contributed by atoms with E-state index in [1.54, 1.807) is 11.8 Å². The summed E-state index contributed by atoms with van der Waals surface area (Å²) in [4.78, 5) is 13.2. The summed E-state index contributed by atoms with van der Waals surface area (Å²) < 4.78 is 0. The molecule has 0 radical (unpaired) electrons. The Labute approximate surface area is 141 Å². The van der Waals surface area contributed by atoms with E-state index >= 15 is 0 Å². The van der Waals surface area contributed by atoms with Gasteiger partial charge in [0.05, 0.1) is 5.25 Å². The van der Waals surface area contributed by atoms with Crippen molar-refractivity contribution in [3.05, 3.63) is 66.2 Å². The van der Waals surface area contributed by atoms with Crippen molar-refractivity contribution >= 4 is 29.4 Å². The SMILES string of the molecule is CC(Sc1ccccc1)C(=O)NCCSCc1ccccc1. The minimum atomic E-state index is -0.0680. The number of nitrogens with one attached hydrogen (secondary N) is 1. The number of hydrogen-bond acceptors (Lipinski definition) is 3. The molecule has 116 valence electrons. The van der Waals surface area contributed by atoms with Crippen molar-refractivity contribution in [2.24, 2.45) is 0 Å². The molecular weight excluding hydrogens is 310 g/mol. The average Bonchev–Trinajstić information content (AvgIpc) is 2.56. The third-order valence-corrected chi connectivity index (χ3v) is 5.22. The zero-order valence-corrected chi connectivity index (χ0v) is 14.3. The Bertz CT molecular complexity index is 560. The summed E-state index contributed by atoms with van der Waals surface area (Å²) in [6.45, 7) is 2.67. The third-order valence-electron chi connectivity index (χ3n) is 3.08. The van der Waals surface area contributed by atoms with Crippen LogP contribution in [0.4, 0.5) is 0 Å². The number of thioether (sulfide) groups is 2. The van der Waals surface area contributed by atoms with Gasteiger partial charge in [-0.15, -0.1) is 11.8 Å². The fourth-order valence-electron chi connectivity index (χ4n) is 1.91. The van der Waals surface area contributed by atoms with E-state index in [1.165, 1.54) is 5.56 Å². The number of benzene rings is 2. The zero-order valence-electron chi connectivity index (χ0n) is 12.7. The van der Waals surface area contributed by atoms with E-state index in [9.17, 15) is 4.79 Å². The molecule has 4 heteroatoms. The largest absolute Gasteiger partial charge is 0.354 e. The highest BCUT2D eigenvalue weighted by Crippen LogP contribution is 2.22. The maximum absolute atomic E-state index is 12.0. The summed E-state index contributed by atoms with van der Waals surface area (Å²) in [5, 5.41) is 2.94. The van der Waals surface area contributed by atoms with Crippen molar-refractivity contribution in [2.75, 3.05) is 12.3 Å². The molecule has 0 aliphatic heterocycles. The molecule has 1 amide bonds. The number of carbonyl (C=O) groups excluding carboxylic acids is 1. The molecule has 2 nitrogen and oxygen atoms in total. The molecule has 1 N–H and O–H groups in total. The van der Waals surface area contributed by atoms with Crippen LogP contribution < -0.4 is 5.32 Å². The fraction of sp³-hybridized carbons (Fsp3) is 0.278. The van der Waals surface area contributed by atoms with Gasteiger partial charge in [-0.2, -0.15) is 11.8 Å². The van der Waals surface area contributed by atoms with Gasteiger partial charge in [0.2, 0.25) is 5.91 Å². The van der Waals surface area contributed by atoms with E-state index in [-0.39, 0.29) is 11.2 Å². The van der Waals surface area contributed by atoms with Gasteiger partial charge in [-0.05, 0) is 24.6 Å². The van der Waals surface area contributed by atoms with Crippen molar-refractivity contribution in [3.63, 3.8) is 0 Å². The van der Waals surface area contributed by atoms with E-state index in [2.05, 4.69) is 29.6 Å². The molecule has 0 aromatic heterocycles. The zero-order chi connectivity index (χ0) is 15.6. The standard InChI is InChI=1S/C18H21NOS2/c1-15(22-17-10-6-3-7-11-17)18(20)19-12-13-21-14-16-8-4-2-5-9-16/h2-11,15H,12-14H2,1H3,(H,19,20). The Morgan fingerprint density at radius 1 is 1.05 bits per heavy atom. The topological polar surface area (TPSA) is 29.1 Å². The first-order valence-electron chi connectivity index (χ1n) is 7.37. The monoisotopic (exact) mass is 331 g/mol. The summed E-state index contributed by atoms with van der Waals surface area (Å²) in [7, 11) is 0. The third kappa shape index (κ3) is 6.16. The van der Waals surface area contributed by atoms with Crippen LogP contribution in [0.3, 0.4) is 0 Å². The summed E-state index contributed by atoms with van der Waals surface area (Å²) in [6.07, 6.45) is 0. The van der Waals surface area contributed by atoms with Gasteiger partial charge in [0.25, 0.3) is 0 Å². The van der Waals surface area contributed by atoms with Crippen molar-refractivity contribution in [2.45, 2.75) is 22.8 Å². The molecule has 1 atom stereocenters.